The summed E-state index contributed by atoms with van der Waals surface area (Å²) in [5.41, 5.74) is 6.59. The molecule has 1 amide bonds. The molecule has 4 nitrogen and oxygen atoms in total. The number of phenolic OH excluding ortho intramolecular Hbond substituents is 1. The Kier molecular flexibility index (Phi) is 4.15. The first-order valence-electron chi connectivity index (χ1n) is 4.79. The Bertz CT molecular complexity index is 425. The summed E-state index contributed by atoms with van der Waals surface area (Å²) in [7, 11) is 0. The minimum Gasteiger partial charge on any atom is -0.507 e. The molecule has 16 heavy (non-hydrogen) atoms. The fourth-order valence-electron chi connectivity index (χ4n) is 1.10. The number of nitrogens with two attached hydrogens (primary N) is 1. The molecule has 0 aromatic heterocycles. The predicted molar refractivity (Wildman–Crippen MR) is 64.8 cm³/mol. The van der Waals surface area contributed by atoms with Crippen molar-refractivity contribution in [3.63, 3.8) is 0 Å². The van der Waals surface area contributed by atoms with Gasteiger partial charge in [-0.15, -0.1) is 6.58 Å². The standard InChI is InChI=1S/C12H14N2O2/c1-2-7-14-12(16)6-3-9-8-10(13)4-5-11(9)15/h2-6,8,15H,1,7,13H2,(H,14,16). The van der Waals surface area contributed by atoms with Crippen molar-refractivity contribution in [2.45, 2.75) is 0 Å². The van der Waals surface area contributed by atoms with E-state index in [0.717, 1.165) is 0 Å². The van der Waals surface area contributed by atoms with Crippen LogP contribution in [0.2, 0.25) is 0 Å². The van der Waals surface area contributed by atoms with Crippen molar-refractivity contribution in [2.75, 3.05) is 12.3 Å². The van der Waals surface area contributed by atoms with E-state index >= 15 is 0 Å². The van der Waals surface area contributed by atoms with Crippen molar-refractivity contribution in [3.05, 3.63) is 42.5 Å². The number of nitrogen functional groups attached to an aromatic ring is 1. The summed E-state index contributed by atoms with van der Waals surface area (Å²) in [6.07, 6.45) is 4.42. The molecule has 0 radical (unpaired) electrons. The summed E-state index contributed by atoms with van der Waals surface area (Å²) in [6, 6.07) is 4.66. The van der Waals surface area contributed by atoms with Gasteiger partial charge >= 0.3 is 0 Å². The molecule has 1 rings (SSSR count). The van der Waals surface area contributed by atoms with Crippen molar-refractivity contribution in [1.82, 2.24) is 5.32 Å². The zero-order chi connectivity index (χ0) is 12.0. The number of carbonyl (C=O) groups excluding carboxylic acids is 1. The number of phenols is 1. The lowest BCUT2D eigenvalue weighted by Gasteiger charge is -2.00. The third-order valence-corrected chi connectivity index (χ3v) is 1.89. The minimum absolute atomic E-state index is 0.0852. The van der Waals surface area contributed by atoms with Crippen LogP contribution in [0, 0.1) is 0 Å². The number of hydrogen-bond acceptors (Lipinski definition) is 3. The summed E-state index contributed by atoms with van der Waals surface area (Å²) in [5.74, 6) is -0.163. The first kappa shape index (κ1) is 11.8. The fourth-order valence-corrected chi connectivity index (χ4v) is 1.10. The highest BCUT2D eigenvalue weighted by Gasteiger charge is 1.98. The molecular weight excluding hydrogens is 204 g/mol. The van der Waals surface area contributed by atoms with Crippen LogP contribution in [0.5, 0.6) is 5.75 Å². The monoisotopic (exact) mass is 218 g/mol. The van der Waals surface area contributed by atoms with E-state index in [4.69, 9.17) is 5.73 Å². The normalized spacial score (nSPS) is 10.2. The lowest BCUT2D eigenvalue weighted by Crippen LogP contribution is -2.20. The van der Waals surface area contributed by atoms with Crippen molar-refractivity contribution in [2.24, 2.45) is 0 Å². The van der Waals surface area contributed by atoms with Crippen LogP contribution < -0.4 is 11.1 Å². The molecular formula is C12H14N2O2. The van der Waals surface area contributed by atoms with Crippen LogP contribution >= 0.6 is 0 Å². The number of aromatic hydroxyl groups is 1. The Labute approximate surface area is 94.1 Å². The molecule has 0 saturated heterocycles. The van der Waals surface area contributed by atoms with E-state index in [0.29, 0.717) is 17.8 Å². The van der Waals surface area contributed by atoms with Gasteiger partial charge in [0.05, 0.1) is 0 Å². The Morgan fingerprint density at radius 3 is 3.00 bits per heavy atom. The Morgan fingerprint density at radius 1 is 1.56 bits per heavy atom. The molecule has 0 aliphatic heterocycles. The van der Waals surface area contributed by atoms with Crippen molar-refractivity contribution in [1.29, 1.82) is 0 Å². The lowest BCUT2D eigenvalue weighted by molar-refractivity contribution is -0.116. The average molecular weight is 218 g/mol. The van der Waals surface area contributed by atoms with Crippen molar-refractivity contribution in [3.8, 4) is 5.75 Å². The number of hydrogen-bond donors (Lipinski definition) is 3. The SMILES string of the molecule is C=CCNC(=O)C=Cc1cc(N)ccc1O. The molecule has 0 bridgehead atoms. The van der Waals surface area contributed by atoms with E-state index in [1.54, 1.807) is 18.2 Å². The first-order chi connectivity index (χ1) is 7.63. The minimum atomic E-state index is -0.248. The summed E-state index contributed by atoms with van der Waals surface area (Å²) in [6.45, 7) is 3.89. The van der Waals surface area contributed by atoms with Gasteiger partial charge < -0.3 is 16.2 Å². The van der Waals surface area contributed by atoms with Gasteiger partial charge in [-0.05, 0) is 24.3 Å². The van der Waals surface area contributed by atoms with Gasteiger partial charge in [0, 0.05) is 23.9 Å². The second-order valence-electron chi connectivity index (χ2n) is 3.19. The van der Waals surface area contributed by atoms with Gasteiger partial charge in [-0.1, -0.05) is 6.08 Å². The zero-order valence-electron chi connectivity index (χ0n) is 8.81. The van der Waals surface area contributed by atoms with Gasteiger partial charge in [-0.25, -0.2) is 0 Å². The molecule has 1 aromatic carbocycles. The third-order valence-electron chi connectivity index (χ3n) is 1.89. The average Bonchev–Trinajstić information content (AvgIpc) is 2.27. The maximum atomic E-state index is 11.2. The molecule has 0 aliphatic rings. The predicted octanol–water partition coefficient (Wildman–Crippen LogP) is 1.29. The highest BCUT2D eigenvalue weighted by molar-refractivity contribution is 5.92. The number of nitrogens with one attached hydrogen (secondary N) is 1. The molecule has 4 heteroatoms. The van der Waals surface area contributed by atoms with Crippen LogP contribution in [-0.4, -0.2) is 17.6 Å². The number of anilines is 1. The van der Waals surface area contributed by atoms with Gasteiger partial charge in [0.1, 0.15) is 5.75 Å². The van der Waals surface area contributed by atoms with E-state index in [1.165, 1.54) is 18.2 Å². The molecule has 0 aliphatic carbocycles. The topological polar surface area (TPSA) is 75.4 Å². The summed E-state index contributed by atoms with van der Waals surface area (Å²) in [5, 5.41) is 12.0. The molecule has 0 heterocycles. The zero-order valence-corrected chi connectivity index (χ0v) is 8.81. The first-order valence-corrected chi connectivity index (χ1v) is 4.79. The van der Waals surface area contributed by atoms with Gasteiger partial charge in [0.2, 0.25) is 5.91 Å². The second-order valence-corrected chi connectivity index (χ2v) is 3.19. The van der Waals surface area contributed by atoms with Crippen molar-refractivity contribution >= 4 is 17.7 Å². The highest BCUT2D eigenvalue weighted by Crippen LogP contribution is 2.20. The second kappa shape index (κ2) is 5.60. The van der Waals surface area contributed by atoms with Gasteiger partial charge in [0.15, 0.2) is 0 Å². The van der Waals surface area contributed by atoms with Crippen LogP contribution in [0.1, 0.15) is 5.56 Å². The maximum absolute atomic E-state index is 11.2. The maximum Gasteiger partial charge on any atom is 0.244 e. The molecule has 1 aromatic rings. The molecule has 0 spiro atoms. The quantitative estimate of drug-likeness (QED) is 0.308. The van der Waals surface area contributed by atoms with Gasteiger partial charge in [0.25, 0.3) is 0 Å². The summed E-state index contributed by atoms with van der Waals surface area (Å²) < 4.78 is 0. The van der Waals surface area contributed by atoms with Gasteiger partial charge in [-0.2, -0.15) is 0 Å². The van der Waals surface area contributed by atoms with Crippen LogP contribution in [0.4, 0.5) is 5.69 Å². The Balaban J connectivity index is 2.71. The fraction of sp³-hybridized carbons (Fsp3) is 0.0833. The lowest BCUT2D eigenvalue weighted by atomic mass is 10.1. The molecule has 0 unspecified atom stereocenters. The van der Waals surface area contributed by atoms with Crippen LogP contribution in [0.15, 0.2) is 36.9 Å². The molecule has 0 fully saturated rings. The van der Waals surface area contributed by atoms with Crippen LogP contribution in [0.25, 0.3) is 6.08 Å². The van der Waals surface area contributed by atoms with E-state index in [9.17, 15) is 9.90 Å². The number of amides is 1. The van der Waals surface area contributed by atoms with Gasteiger partial charge in [-0.3, -0.25) is 4.79 Å². The molecule has 84 valence electrons. The highest BCUT2D eigenvalue weighted by atomic mass is 16.3. The largest absolute Gasteiger partial charge is 0.507 e. The summed E-state index contributed by atoms with van der Waals surface area (Å²) >= 11 is 0. The van der Waals surface area contributed by atoms with E-state index < -0.39 is 0 Å². The number of carbonyl (C=O) groups is 1. The van der Waals surface area contributed by atoms with E-state index in [2.05, 4.69) is 11.9 Å². The molecule has 0 atom stereocenters. The third kappa shape index (κ3) is 3.49. The van der Waals surface area contributed by atoms with Crippen molar-refractivity contribution < 1.29 is 9.90 Å². The van der Waals surface area contributed by atoms with E-state index in [-0.39, 0.29) is 11.7 Å². The Hall–Kier alpha value is -2.23. The molecule has 0 saturated carbocycles. The molecule has 4 N–H and O–H groups in total. The van der Waals surface area contributed by atoms with Crippen LogP contribution in [-0.2, 0) is 4.79 Å². The van der Waals surface area contributed by atoms with E-state index in [1.807, 2.05) is 0 Å². The van der Waals surface area contributed by atoms with Crippen LogP contribution in [0.3, 0.4) is 0 Å². The Morgan fingerprint density at radius 2 is 2.31 bits per heavy atom. The number of benzene rings is 1. The summed E-state index contributed by atoms with van der Waals surface area (Å²) in [4.78, 5) is 11.2. The smallest absolute Gasteiger partial charge is 0.244 e. The number of rotatable bonds is 4.